The van der Waals surface area contributed by atoms with E-state index in [4.69, 9.17) is 0 Å². The monoisotopic (exact) mass is 362 g/mol. The van der Waals surface area contributed by atoms with Gasteiger partial charge in [-0.05, 0) is 48.6 Å². The number of nitrogens with zero attached hydrogens (tertiary/aromatic N) is 2. The number of fused-ring (bicyclic) bond motifs is 1. The van der Waals surface area contributed by atoms with Gasteiger partial charge in [0.25, 0.3) is 0 Å². The van der Waals surface area contributed by atoms with Gasteiger partial charge in [0.1, 0.15) is 0 Å². The van der Waals surface area contributed by atoms with Crippen molar-refractivity contribution < 1.29 is 9.59 Å². The molecule has 0 radical (unpaired) electrons. The maximum Gasteiger partial charge on any atom is 0.232 e. The fourth-order valence-corrected chi connectivity index (χ4v) is 4.26. The number of para-hydroxylation sites is 1. The van der Waals surface area contributed by atoms with E-state index in [-0.39, 0.29) is 30.2 Å². The van der Waals surface area contributed by atoms with Gasteiger partial charge < -0.3 is 9.80 Å². The van der Waals surface area contributed by atoms with Gasteiger partial charge >= 0.3 is 0 Å². The van der Waals surface area contributed by atoms with E-state index in [1.54, 1.807) is 4.90 Å². The number of carbonyl (C=O) groups excluding carboxylic acids is 2. The molecule has 0 aromatic heterocycles. The van der Waals surface area contributed by atoms with E-state index in [0.717, 1.165) is 17.8 Å². The highest BCUT2D eigenvalue weighted by molar-refractivity contribution is 6.05. The largest absolute Gasteiger partial charge is 0.312 e. The second-order valence-corrected chi connectivity index (χ2v) is 8.04. The molecule has 4 heteroatoms. The molecule has 0 spiro atoms. The van der Waals surface area contributed by atoms with Crippen molar-refractivity contribution in [2.75, 3.05) is 16.3 Å². The normalized spacial score (nSPS) is 21.9. The highest BCUT2D eigenvalue weighted by Gasteiger charge is 2.41. The fraction of sp³-hybridized carbons (Fsp3) is 0.391. The molecule has 0 saturated carbocycles. The number of benzene rings is 2. The Labute approximate surface area is 160 Å². The first-order valence-corrected chi connectivity index (χ1v) is 9.77. The third kappa shape index (κ3) is 3.14. The predicted octanol–water partition coefficient (Wildman–Crippen LogP) is 4.14. The first-order valence-electron chi connectivity index (χ1n) is 9.77. The summed E-state index contributed by atoms with van der Waals surface area (Å²) >= 11 is 0. The first-order chi connectivity index (χ1) is 13.0. The molecule has 2 aromatic carbocycles. The Balaban J connectivity index is 1.53. The predicted molar refractivity (Wildman–Crippen MR) is 108 cm³/mol. The Morgan fingerprint density at radius 1 is 1.04 bits per heavy atom. The van der Waals surface area contributed by atoms with E-state index < -0.39 is 0 Å². The van der Waals surface area contributed by atoms with Gasteiger partial charge in [0, 0.05) is 30.4 Å². The molecule has 2 unspecified atom stereocenters. The molecule has 27 heavy (non-hydrogen) atoms. The van der Waals surface area contributed by atoms with Crippen LogP contribution in [0.5, 0.6) is 0 Å². The van der Waals surface area contributed by atoms with Crippen LogP contribution in [0.1, 0.15) is 44.2 Å². The minimum atomic E-state index is -0.282. The molecule has 4 nitrogen and oxygen atoms in total. The van der Waals surface area contributed by atoms with E-state index in [1.165, 1.54) is 11.1 Å². The molecule has 0 N–H and O–H groups in total. The van der Waals surface area contributed by atoms with E-state index in [0.29, 0.717) is 12.5 Å². The Kier molecular flexibility index (Phi) is 4.50. The lowest BCUT2D eigenvalue weighted by Crippen LogP contribution is -2.41. The fourth-order valence-electron chi connectivity index (χ4n) is 4.26. The Morgan fingerprint density at radius 3 is 2.44 bits per heavy atom. The van der Waals surface area contributed by atoms with Gasteiger partial charge in [0.05, 0.1) is 5.92 Å². The van der Waals surface area contributed by atoms with Crippen molar-refractivity contribution in [3.05, 3.63) is 59.7 Å². The van der Waals surface area contributed by atoms with E-state index in [2.05, 4.69) is 39.0 Å². The summed E-state index contributed by atoms with van der Waals surface area (Å²) in [5, 5.41) is 0. The Bertz CT molecular complexity index is 872. The van der Waals surface area contributed by atoms with Gasteiger partial charge in [-0.3, -0.25) is 9.59 Å². The standard InChI is InChI=1S/C23H26N2O2/c1-15(2)17-8-10-20(11-9-17)24-14-19(13-22(24)26)23(27)25-16(3)12-18-6-4-5-7-21(18)25/h4-11,15-16,19H,12-14H2,1-3H3. The number of amides is 2. The number of carbonyl (C=O) groups is 2. The van der Waals surface area contributed by atoms with Gasteiger partial charge in [0.15, 0.2) is 0 Å². The van der Waals surface area contributed by atoms with Crippen molar-refractivity contribution in [3.63, 3.8) is 0 Å². The molecular weight excluding hydrogens is 336 g/mol. The lowest BCUT2D eigenvalue weighted by atomic mass is 10.0. The number of rotatable bonds is 3. The first kappa shape index (κ1) is 17.8. The van der Waals surface area contributed by atoms with Crippen molar-refractivity contribution in [2.24, 2.45) is 5.92 Å². The second-order valence-electron chi connectivity index (χ2n) is 8.04. The molecule has 0 bridgehead atoms. The number of hydrogen-bond donors (Lipinski definition) is 0. The van der Waals surface area contributed by atoms with Gasteiger partial charge in [-0.2, -0.15) is 0 Å². The van der Waals surface area contributed by atoms with Gasteiger partial charge in [0.2, 0.25) is 11.8 Å². The van der Waals surface area contributed by atoms with Crippen LogP contribution in [0.2, 0.25) is 0 Å². The molecule has 2 aliphatic rings. The van der Waals surface area contributed by atoms with Crippen LogP contribution in [-0.2, 0) is 16.0 Å². The Hall–Kier alpha value is -2.62. The van der Waals surface area contributed by atoms with Crippen molar-refractivity contribution >= 4 is 23.2 Å². The minimum absolute atomic E-state index is 0.0331. The molecule has 2 amide bonds. The molecule has 140 valence electrons. The molecule has 1 fully saturated rings. The zero-order valence-corrected chi connectivity index (χ0v) is 16.2. The molecule has 4 rings (SSSR count). The summed E-state index contributed by atoms with van der Waals surface area (Å²) in [6, 6.07) is 16.4. The SMILES string of the molecule is CC(C)c1ccc(N2CC(C(=O)N3c4ccccc4CC3C)CC2=O)cc1. The topological polar surface area (TPSA) is 40.6 Å². The minimum Gasteiger partial charge on any atom is -0.312 e. The van der Waals surface area contributed by atoms with Crippen LogP contribution in [0.3, 0.4) is 0 Å². The average Bonchev–Trinajstić information content (AvgIpc) is 3.20. The lowest BCUT2D eigenvalue weighted by molar-refractivity contribution is -0.124. The van der Waals surface area contributed by atoms with Crippen molar-refractivity contribution in [2.45, 2.75) is 45.6 Å². The summed E-state index contributed by atoms with van der Waals surface area (Å²) in [5.74, 6) is 0.281. The molecular formula is C23H26N2O2. The van der Waals surface area contributed by atoms with Gasteiger partial charge in [-0.1, -0.05) is 44.2 Å². The van der Waals surface area contributed by atoms with Crippen molar-refractivity contribution in [3.8, 4) is 0 Å². The number of hydrogen-bond acceptors (Lipinski definition) is 2. The van der Waals surface area contributed by atoms with Crippen molar-refractivity contribution in [1.29, 1.82) is 0 Å². The number of anilines is 2. The molecule has 2 aliphatic heterocycles. The van der Waals surface area contributed by atoms with Crippen LogP contribution in [0.15, 0.2) is 48.5 Å². The quantitative estimate of drug-likeness (QED) is 0.823. The molecule has 2 aromatic rings. The lowest BCUT2D eigenvalue weighted by Gasteiger charge is -2.26. The maximum atomic E-state index is 13.2. The summed E-state index contributed by atoms with van der Waals surface area (Å²) in [4.78, 5) is 29.5. The third-order valence-electron chi connectivity index (χ3n) is 5.79. The van der Waals surface area contributed by atoms with Crippen LogP contribution < -0.4 is 9.80 Å². The summed E-state index contributed by atoms with van der Waals surface area (Å²) in [6.07, 6.45) is 1.17. The Morgan fingerprint density at radius 2 is 1.74 bits per heavy atom. The molecule has 0 aliphatic carbocycles. The van der Waals surface area contributed by atoms with E-state index >= 15 is 0 Å². The average molecular weight is 362 g/mol. The maximum absolute atomic E-state index is 13.2. The van der Waals surface area contributed by atoms with E-state index in [9.17, 15) is 9.59 Å². The summed E-state index contributed by atoms with van der Waals surface area (Å²) in [7, 11) is 0. The summed E-state index contributed by atoms with van der Waals surface area (Å²) in [6.45, 7) is 6.85. The van der Waals surface area contributed by atoms with Crippen LogP contribution >= 0.6 is 0 Å². The van der Waals surface area contributed by atoms with E-state index in [1.807, 2.05) is 35.2 Å². The smallest absolute Gasteiger partial charge is 0.232 e. The van der Waals surface area contributed by atoms with Crippen LogP contribution in [0.25, 0.3) is 0 Å². The van der Waals surface area contributed by atoms with Crippen LogP contribution in [-0.4, -0.2) is 24.4 Å². The zero-order chi connectivity index (χ0) is 19.1. The highest BCUT2D eigenvalue weighted by atomic mass is 16.2. The zero-order valence-electron chi connectivity index (χ0n) is 16.2. The van der Waals surface area contributed by atoms with Gasteiger partial charge in [-0.15, -0.1) is 0 Å². The molecule has 2 heterocycles. The summed E-state index contributed by atoms with van der Waals surface area (Å²) in [5.41, 5.74) is 4.35. The summed E-state index contributed by atoms with van der Waals surface area (Å²) < 4.78 is 0. The molecule has 1 saturated heterocycles. The third-order valence-corrected chi connectivity index (χ3v) is 5.79. The van der Waals surface area contributed by atoms with Crippen molar-refractivity contribution in [1.82, 2.24) is 0 Å². The molecule has 2 atom stereocenters. The second kappa shape index (κ2) is 6.84. The van der Waals surface area contributed by atoms with Crippen LogP contribution in [0.4, 0.5) is 11.4 Å². The van der Waals surface area contributed by atoms with Crippen LogP contribution in [0, 0.1) is 5.92 Å². The van der Waals surface area contributed by atoms with Gasteiger partial charge in [-0.25, -0.2) is 0 Å². The highest BCUT2D eigenvalue weighted by Crippen LogP contribution is 2.35.